The molecule has 28 nitrogen and oxygen atoms in total. The molecule has 0 saturated heterocycles. The van der Waals surface area contributed by atoms with Crippen LogP contribution in [0, 0.1) is 5.92 Å². The summed E-state index contributed by atoms with van der Waals surface area (Å²) in [7, 11) is 0. The predicted octanol–water partition coefficient (Wildman–Crippen LogP) is -2.04. The lowest BCUT2D eigenvalue weighted by molar-refractivity contribution is -0.147. The molecule has 0 radical (unpaired) electrons. The molecule has 0 fully saturated rings. The number of amides is 7. The molecule has 16 N–H and O–H groups in total. The number of phenolic OH excluding ortho intramolecular Hbond substituents is 1. The summed E-state index contributed by atoms with van der Waals surface area (Å²) in [6.45, 7) is 3.16. The lowest BCUT2D eigenvalue weighted by atomic mass is 9.96. The van der Waals surface area contributed by atoms with Crippen molar-refractivity contribution in [2.24, 2.45) is 11.7 Å². The topological polar surface area (TPSA) is 474 Å². The Bertz CT molecular complexity index is 2400. The monoisotopic (exact) mass is 1070 g/mol. The Labute approximate surface area is 433 Å². The molecule has 2 aromatic carbocycles. The third-order valence-electron chi connectivity index (χ3n) is 11.6. The summed E-state index contributed by atoms with van der Waals surface area (Å²) in [5.41, 5.74) is 6.50. The normalized spacial score (nSPS) is 14.4. The van der Waals surface area contributed by atoms with Crippen molar-refractivity contribution in [3.05, 3.63) is 65.7 Å². The molecule has 0 aliphatic heterocycles. The number of nitrogens with one attached hydrogen (secondary N) is 7. The van der Waals surface area contributed by atoms with Crippen LogP contribution in [0.4, 0.5) is 0 Å². The maximum atomic E-state index is 14.3. The van der Waals surface area contributed by atoms with Gasteiger partial charge in [-0.25, -0.2) is 4.79 Å². The van der Waals surface area contributed by atoms with Crippen molar-refractivity contribution in [3.8, 4) is 5.75 Å². The largest absolute Gasteiger partial charge is 0.508 e. The summed E-state index contributed by atoms with van der Waals surface area (Å²) in [5, 5.41) is 82.4. The van der Waals surface area contributed by atoms with Gasteiger partial charge in [0.15, 0.2) is 0 Å². The Morgan fingerprint density at radius 1 is 0.434 bits per heavy atom. The van der Waals surface area contributed by atoms with Crippen LogP contribution in [-0.4, -0.2) is 161 Å². The van der Waals surface area contributed by atoms with E-state index in [0.717, 1.165) is 0 Å². The van der Waals surface area contributed by atoms with E-state index in [2.05, 4.69) is 31.9 Å². The Kier molecular flexibility index (Phi) is 26.5. The molecule has 76 heavy (non-hydrogen) atoms. The average molecular weight is 1070 g/mol. The lowest BCUT2D eigenvalue weighted by Gasteiger charge is -2.29. The van der Waals surface area contributed by atoms with Gasteiger partial charge in [0, 0.05) is 38.5 Å². The second kappa shape index (κ2) is 31.8. The number of hydrogen-bond donors (Lipinski definition) is 15. The van der Waals surface area contributed by atoms with Crippen molar-refractivity contribution in [2.75, 3.05) is 0 Å². The van der Waals surface area contributed by atoms with Crippen molar-refractivity contribution in [1.82, 2.24) is 37.2 Å². The molecule has 416 valence electrons. The summed E-state index contributed by atoms with van der Waals surface area (Å²) in [5.74, 6) is -17.8. The fourth-order valence-corrected chi connectivity index (χ4v) is 7.12. The first-order valence-electron chi connectivity index (χ1n) is 23.7. The van der Waals surface area contributed by atoms with E-state index in [9.17, 15) is 93.0 Å². The molecule has 28 heteroatoms. The molecule has 0 heterocycles. The van der Waals surface area contributed by atoms with E-state index in [4.69, 9.17) is 10.8 Å². The molecular formula is C48H64N8O20. The minimum atomic E-state index is -1.96. The van der Waals surface area contributed by atoms with Gasteiger partial charge in [0.25, 0.3) is 0 Å². The predicted molar refractivity (Wildman–Crippen MR) is 260 cm³/mol. The van der Waals surface area contributed by atoms with Crippen LogP contribution in [0.15, 0.2) is 54.6 Å². The van der Waals surface area contributed by atoms with Crippen molar-refractivity contribution in [2.45, 2.75) is 139 Å². The quantitative estimate of drug-likeness (QED) is 0.0354. The molecule has 0 bridgehead atoms. The van der Waals surface area contributed by atoms with Gasteiger partial charge in [-0.15, -0.1) is 0 Å². The van der Waals surface area contributed by atoms with Crippen LogP contribution in [-0.2, 0) is 75.2 Å². The van der Waals surface area contributed by atoms with Gasteiger partial charge >= 0.3 is 35.8 Å². The van der Waals surface area contributed by atoms with E-state index in [1.165, 1.54) is 43.3 Å². The highest BCUT2D eigenvalue weighted by molar-refractivity contribution is 5.98. The zero-order chi connectivity index (χ0) is 57.2. The minimum absolute atomic E-state index is 0.192. The van der Waals surface area contributed by atoms with Crippen LogP contribution in [0.5, 0.6) is 5.75 Å². The van der Waals surface area contributed by atoms with Crippen LogP contribution in [0.1, 0.15) is 89.2 Å². The lowest BCUT2D eigenvalue weighted by Crippen LogP contribution is -2.61. The van der Waals surface area contributed by atoms with Crippen molar-refractivity contribution in [1.29, 1.82) is 0 Å². The van der Waals surface area contributed by atoms with E-state index >= 15 is 0 Å². The number of phenols is 1. The number of carboxylic acids is 6. The van der Waals surface area contributed by atoms with Gasteiger partial charge in [0.2, 0.25) is 41.4 Å². The van der Waals surface area contributed by atoms with Crippen molar-refractivity contribution < 1.29 is 98.1 Å². The van der Waals surface area contributed by atoms with E-state index in [0.29, 0.717) is 11.1 Å². The van der Waals surface area contributed by atoms with Gasteiger partial charge < -0.3 is 78.7 Å². The van der Waals surface area contributed by atoms with E-state index in [-0.39, 0.29) is 25.0 Å². The number of hydrogen-bond acceptors (Lipinski definition) is 15. The number of benzene rings is 2. The molecule has 0 unspecified atom stereocenters. The maximum absolute atomic E-state index is 14.3. The van der Waals surface area contributed by atoms with E-state index in [1.807, 2.05) is 5.32 Å². The number of aromatic hydroxyl groups is 1. The Balaban J connectivity index is 2.56. The molecular weight excluding hydrogens is 1010 g/mol. The summed E-state index contributed by atoms with van der Waals surface area (Å²) in [4.78, 5) is 166. The van der Waals surface area contributed by atoms with E-state index < -0.39 is 189 Å². The zero-order valence-electron chi connectivity index (χ0n) is 41.4. The number of carbonyl (C=O) groups excluding carboxylic acids is 7. The number of rotatable bonds is 35. The maximum Gasteiger partial charge on any atom is 0.326 e. The minimum Gasteiger partial charge on any atom is -0.508 e. The first kappa shape index (κ1) is 63.4. The number of aliphatic carboxylic acids is 6. The first-order chi connectivity index (χ1) is 35.7. The highest BCUT2D eigenvalue weighted by Gasteiger charge is 2.36. The van der Waals surface area contributed by atoms with Crippen LogP contribution in [0.3, 0.4) is 0 Å². The second-order valence-corrected chi connectivity index (χ2v) is 17.6. The Hall–Kier alpha value is -8.69. The SMILES string of the molecule is CC[C@H](C)[C@H](NC(=O)[C@H](CCC(=O)O)NC(=O)[C@@H](N)CCC(=O)O)C(=O)N[C@@H](Cc1ccc(O)cc1)C(=O)N[C@@H](CCC(=O)O)C(=O)N[C@@H](CCC(=O)O)C(=O)N[C@@H](Cc1ccccc1)C(=O)N[C@@H](CC(=O)O)C(=O)O. The highest BCUT2D eigenvalue weighted by Crippen LogP contribution is 2.15. The van der Waals surface area contributed by atoms with Gasteiger partial charge in [-0.2, -0.15) is 0 Å². The van der Waals surface area contributed by atoms with E-state index in [1.54, 1.807) is 25.1 Å². The smallest absolute Gasteiger partial charge is 0.326 e. The fourth-order valence-electron chi connectivity index (χ4n) is 7.12. The number of carboxylic acid groups (broad SMARTS) is 6. The van der Waals surface area contributed by atoms with Gasteiger partial charge in [0.05, 0.1) is 12.5 Å². The molecule has 9 atom stereocenters. The van der Waals surface area contributed by atoms with Gasteiger partial charge in [-0.1, -0.05) is 62.7 Å². The van der Waals surface area contributed by atoms with Crippen LogP contribution < -0.4 is 43.0 Å². The molecule has 2 rings (SSSR count). The van der Waals surface area contributed by atoms with Crippen LogP contribution in [0.25, 0.3) is 0 Å². The fraction of sp³-hybridized carbons (Fsp3) is 0.479. The zero-order valence-corrected chi connectivity index (χ0v) is 41.4. The van der Waals surface area contributed by atoms with Gasteiger partial charge in [0.1, 0.15) is 48.0 Å². The third kappa shape index (κ3) is 23.5. The van der Waals surface area contributed by atoms with Gasteiger partial charge in [-0.05, 0) is 54.9 Å². The number of nitrogens with two attached hydrogens (primary N) is 1. The van der Waals surface area contributed by atoms with Crippen LogP contribution in [0.2, 0.25) is 0 Å². The summed E-state index contributed by atoms with van der Waals surface area (Å²) >= 11 is 0. The molecule has 2 aromatic rings. The standard InChI is InChI=1S/C48H64N8O20/c1-3-24(2)40(56-44(71)31(16-20-38(64)65)50-41(68)28(49)13-17-35(58)59)47(74)54-33(22-26-9-11-27(57)12-10-26)45(72)52-29(14-18-36(60)61)42(69)51-30(15-19-37(62)63)43(70)53-32(21-25-7-5-4-6-8-25)46(73)55-34(48(75)76)23-39(66)67/h4-12,24,28-34,40,57H,3,13-23,49H2,1-2H3,(H,50,68)(H,51,69)(H,52,72)(H,53,70)(H,54,74)(H,55,73)(H,56,71)(H,58,59)(H,60,61)(H,62,63)(H,64,65)(H,66,67)(H,75,76)/t24-,28-,29-,30-,31-,32-,33-,34-,40-/m0/s1. The summed E-state index contributed by atoms with van der Waals surface area (Å²) in [6, 6.07) is -0.594. The van der Waals surface area contributed by atoms with Crippen LogP contribution >= 0.6 is 0 Å². The molecule has 0 spiro atoms. The van der Waals surface area contributed by atoms with Crippen molar-refractivity contribution in [3.63, 3.8) is 0 Å². The summed E-state index contributed by atoms with van der Waals surface area (Å²) < 4.78 is 0. The average Bonchev–Trinajstić information content (AvgIpc) is 3.35. The van der Waals surface area contributed by atoms with Crippen molar-refractivity contribution >= 4 is 77.2 Å². The van der Waals surface area contributed by atoms with Gasteiger partial charge in [-0.3, -0.25) is 57.5 Å². The highest BCUT2D eigenvalue weighted by atomic mass is 16.4. The molecule has 0 aliphatic rings. The third-order valence-corrected chi connectivity index (χ3v) is 11.6. The molecule has 0 aromatic heterocycles. The Morgan fingerprint density at radius 2 is 0.789 bits per heavy atom. The summed E-state index contributed by atoms with van der Waals surface area (Å²) in [6.07, 6.45) is -6.58. The Morgan fingerprint density at radius 3 is 1.20 bits per heavy atom. The molecule has 0 aliphatic carbocycles. The number of carbonyl (C=O) groups is 13. The second-order valence-electron chi connectivity index (χ2n) is 17.6. The molecule has 7 amide bonds. The first-order valence-corrected chi connectivity index (χ1v) is 23.7. The molecule has 0 saturated carbocycles.